The van der Waals surface area contributed by atoms with E-state index in [4.69, 9.17) is 15.0 Å². The van der Waals surface area contributed by atoms with E-state index in [2.05, 4.69) is 77.6 Å². The van der Waals surface area contributed by atoms with Gasteiger partial charge in [-0.2, -0.15) is 5.10 Å². The van der Waals surface area contributed by atoms with Crippen molar-refractivity contribution < 1.29 is 28.7 Å². The quantitative estimate of drug-likeness (QED) is 0.116. The molecular weight excluding hydrogens is 789 g/mol. The summed E-state index contributed by atoms with van der Waals surface area (Å²) in [5.41, 5.74) is 7.44. The first-order valence-corrected chi connectivity index (χ1v) is 21.3. The van der Waals surface area contributed by atoms with Gasteiger partial charge in [0.05, 0.1) is 25.3 Å². The van der Waals surface area contributed by atoms with Gasteiger partial charge in [-0.3, -0.25) is 24.6 Å². The second-order valence-electron chi connectivity index (χ2n) is 16.2. The average molecular weight is 837 g/mol. The van der Waals surface area contributed by atoms with Crippen LogP contribution in [0.3, 0.4) is 0 Å². The van der Waals surface area contributed by atoms with Gasteiger partial charge in [-0.1, -0.05) is 24.3 Å². The number of ether oxygens (including phenoxy) is 2. The molecule has 5 aromatic rings. The second kappa shape index (κ2) is 18.0. The van der Waals surface area contributed by atoms with Gasteiger partial charge < -0.3 is 29.5 Å². The number of likely N-dealkylation sites (tertiary alicyclic amines) is 1. The Morgan fingerprint density at radius 3 is 2.27 bits per heavy atom. The molecule has 318 valence electrons. The number of morpholine rings is 1. The normalized spacial score (nSPS) is 19.0. The van der Waals surface area contributed by atoms with Crippen LogP contribution in [-0.2, 0) is 23.9 Å². The Balaban J connectivity index is 0.793. The van der Waals surface area contributed by atoms with Gasteiger partial charge in [0.25, 0.3) is 6.26 Å². The number of imide groups is 1. The number of anilines is 3. The number of carbonyl (C=O) groups is 4. The predicted molar refractivity (Wildman–Crippen MR) is 231 cm³/mol. The lowest BCUT2D eigenvalue weighted by Gasteiger charge is -2.38. The Hall–Kier alpha value is -6.83. The molecule has 0 bridgehead atoms. The van der Waals surface area contributed by atoms with Gasteiger partial charge in [0.15, 0.2) is 5.69 Å². The van der Waals surface area contributed by atoms with E-state index in [0.717, 1.165) is 91.6 Å². The number of pyridine rings is 2. The van der Waals surface area contributed by atoms with Crippen molar-refractivity contribution in [1.29, 1.82) is 5.26 Å². The molecule has 16 heteroatoms. The average Bonchev–Trinajstić information content (AvgIpc) is 3.76. The smallest absolute Gasteiger partial charge is 0.374 e. The van der Waals surface area contributed by atoms with E-state index in [1.807, 2.05) is 41.6 Å². The van der Waals surface area contributed by atoms with Crippen molar-refractivity contribution in [3.63, 3.8) is 0 Å². The molecule has 1 unspecified atom stereocenters. The van der Waals surface area contributed by atoms with E-state index in [1.54, 1.807) is 10.6 Å². The zero-order chi connectivity index (χ0) is 42.6. The number of nitrogens with one attached hydrogen (secondary N) is 2. The summed E-state index contributed by atoms with van der Waals surface area (Å²) in [4.78, 5) is 63.0. The number of hydrogen-bond acceptors (Lipinski definition) is 13. The summed E-state index contributed by atoms with van der Waals surface area (Å²) >= 11 is 0. The van der Waals surface area contributed by atoms with Crippen molar-refractivity contribution in [2.24, 2.45) is 0 Å². The Bertz CT molecular complexity index is 2480. The van der Waals surface area contributed by atoms with Crippen LogP contribution in [0.15, 0.2) is 85.2 Å². The molecule has 4 aliphatic heterocycles. The number of piperazine rings is 1. The SMILES string of the molecule is N#COC(=O)c1cc2c(-c3ccc(N4CCOCC4)nc3)cc(-c3ccc(N4CCN(C(=O)CN5CCC(c6ccc(NC7CCC(=O)NC7=O)cc6)CC5)CC4)cc3)cn2n1. The van der Waals surface area contributed by atoms with Crippen LogP contribution in [0.25, 0.3) is 27.8 Å². The number of carbonyl (C=O) groups excluding carboxylic acids is 4. The van der Waals surface area contributed by atoms with Gasteiger partial charge in [-0.15, -0.1) is 5.26 Å². The van der Waals surface area contributed by atoms with E-state index in [-0.39, 0.29) is 23.4 Å². The third-order valence-electron chi connectivity index (χ3n) is 12.4. The van der Waals surface area contributed by atoms with Crippen molar-refractivity contribution in [3.8, 4) is 28.5 Å². The number of hydrogen-bond donors (Lipinski definition) is 2. The lowest BCUT2D eigenvalue weighted by molar-refractivity contribution is -0.134. The van der Waals surface area contributed by atoms with E-state index in [9.17, 15) is 19.2 Å². The Labute approximate surface area is 359 Å². The number of fused-ring (bicyclic) bond motifs is 1. The van der Waals surface area contributed by atoms with Gasteiger partial charge >= 0.3 is 5.97 Å². The molecular formula is C46H48N10O6. The first-order valence-electron chi connectivity index (χ1n) is 21.3. The standard InChI is InChI=1S/C46H48N10O6/c47-30-62-46(60)40-26-41-38(34-5-11-42(48-27-34)54-21-23-61-24-22-54)25-35(28-56(41)51-40)32-3-8-37(9-4-32)53-17-19-55(20-18-53)44(58)29-52-15-13-33(14-16-52)31-1-6-36(7-2-31)49-39-10-12-43(57)50-45(39)59/h1-9,11,25-28,33,39,49H,10,12-24,29H2,(H,50,57,59). The fourth-order valence-electron chi connectivity index (χ4n) is 8.88. The molecule has 2 aromatic carbocycles. The molecule has 4 aliphatic rings. The number of nitrogens with zero attached hydrogens (tertiary/aromatic N) is 8. The van der Waals surface area contributed by atoms with E-state index in [1.165, 1.54) is 11.8 Å². The van der Waals surface area contributed by atoms with Crippen LogP contribution in [0.5, 0.6) is 0 Å². The number of amides is 3. The minimum absolute atomic E-state index is 0.0302. The monoisotopic (exact) mass is 836 g/mol. The third-order valence-corrected chi connectivity index (χ3v) is 12.4. The second-order valence-corrected chi connectivity index (χ2v) is 16.2. The fourth-order valence-corrected chi connectivity index (χ4v) is 8.88. The molecule has 0 radical (unpaired) electrons. The Morgan fingerprint density at radius 2 is 1.58 bits per heavy atom. The minimum Gasteiger partial charge on any atom is -0.378 e. The molecule has 0 saturated carbocycles. The molecule has 16 nitrogen and oxygen atoms in total. The fraction of sp³-hybridized carbons (Fsp3) is 0.370. The molecule has 62 heavy (non-hydrogen) atoms. The first-order chi connectivity index (χ1) is 30.3. The van der Waals surface area contributed by atoms with Gasteiger partial charge in [-0.25, -0.2) is 14.3 Å². The number of benzene rings is 2. The third kappa shape index (κ3) is 8.95. The zero-order valence-corrected chi connectivity index (χ0v) is 34.4. The maximum atomic E-state index is 13.4. The highest BCUT2D eigenvalue weighted by Crippen LogP contribution is 2.33. The van der Waals surface area contributed by atoms with E-state index in [0.29, 0.717) is 57.1 Å². The number of piperidine rings is 2. The first kappa shape index (κ1) is 40.6. The Kier molecular flexibility index (Phi) is 11.8. The maximum absolute atomic E-state index is 13.4. The highest BCUT2D eigenvalue weighted by Gasteiger charge is 2.28. The summed E-state index contributed by atoms with van der Waals surface area (Å²) in [5, 5.41) is 19.0. The van der Waals surface area contributed by atoms with Crippen LogP contribution in [0.4, 0.5) is 17.2 Å². The molecule has 0 spiro atoms. The highest BCUT2D eigenvalue weighted by atomic mass is 16.5. The van der Waals surface area contributed by atoms with Gasteiger partial charge in [0.2, 0.25) is 17.7 Å². The number of nitriles is 1. The molecule has 9 rings (SSSR count). The van der Waals surface area contributed by atoms with Crippen LogP contribution in [-0.4, -0.2) is 126 Å². The summed E-state index contributed by atoms with van der Waals surface area (Å²) in [6.07, 6.45) is 7.92. The number of esters is 1. The van der Waals surface area contributed by atoms with Gasteiger partial charge in [0, 0.05) is 86.1 Å². The predicted octanol–water partition coefficient (Wildman–Crippen LogP) is 4.28. The summed E-state index contributed by atoms with van der Waals surface area (Å²) in [5.74, 6) is 0.139. The van der Waals surface area contributed by atoms with Crippen LogP contribution in [0.1, 0.15) is 47.7 Å². The molecule has 4 fully saturated rings. The molecule has 1 atom stereocenters. The number of aromatic nitrogens is 3. The van der Waals surface area contributed by atoms with Crippen molar-refractivity contribution in [2.45, 2.75) is 37.6 Å². The summed E-state index contributed by atoms with van der Waals surface area (Å²) in [7, 11) is 0. The largest absolute Gasteiger partial charge is 0.378 e. The zero-order valence-electron chi connectivity index (χ0n) is 34.4. The van der Waals surface area contributed by atoms with Gasteiger partial charge in [0.1, 0.15) is 11.9 Å². The molecule has 7 heterocycles. The molecule has 0 aliphatic carbocycles. The lowest BCUT2D eigenvalue weighted by atomic mass is 9.89. The van der Waals surface area contributed by atoms with Gasteiger partial charge in [-0.05, 0) is 97.9 Å². The lowest BCUT2D eigenvalue weighted by Crippen LogP contribution is -2.51. The van der Waals surface area contributed by atoms with E-state index < -0.39 is 12.0 Å². The Morgan fingerprint density at radius 1 is 0.839 bits per heavy atom. The minimum atomic E-state index is -0.820. The number of rotatable bonds is 10. The molecule has 3 amide bonds. The van der Waals surface area contributed by atoms with Crippen LogP contribution in [0, 0.1) is 11.5 Å². The van der Waals surface area contributed by atoms with Crippen molar-refractivity contribution in [1.82, 2.24) is 29.7 Å². The van der Waals surface area contributed by atoms with Crippen molar-refractivity contribution in [3.05, 3.63) is 96.4 Å². The van der Waals surface area contributed by atoms with Crippen LogP contribution >= 0.6 is 0 Å². The molecule has 4 saturated heterocycles. The maximum Gasteiger partial charge on any atom is 0.374 e. The molecule has 3 aromatic heterocycles. The van der Waals surface area contributed by atoms with Crippen LogP contribution in [0.2, 0.25) is 0 Å². The topological polar surface area (TPSA) is 178 Å². The van der Waals surface area contributed by atoms with E-state index >= 15 is 0 Å². The summed E-state index contributed by atoms with van der Waals surface area (Å²) in [6, 6.07) is 23.9. The van der Waals surface area contributed by atoms with Crippen LogP contribution < -0.4 is 20.4 Å². The summed E-state index contributed by atoms with van der Waals surface area (Å²) in [6.45, 7) is 7.81. The van der Waals surface area contributed by atoms with Crippen molar-refractivity contribution >= 4 is 46.4 Å². The van der Waals surface area contributed by atoms with Crippen molar-refractivity contribution in [2.75, 3.05) is 87.2 Å². The molecule has 2 N–H and O–H groups in total. The summed E-state index contributed by atoms with van der Waals surface area (Å²) < 4.78 is 11.7. The highest BCUT2D eigenvalue weighted by molar-refractivity contribution is 6.01.